The first kappa shape index (κ1) is 10.5. The maximum absolute atomic E-state index is 5.82. The third-order valence-electron chi connectivity index (χ3n) is 3.07. The minimum absolute atomic E-state index is 0.114. The molecule has 17 heavy (non-hydrogen) atoms. The van der Waals surface area contributed by atoms with Crippen molar-refractivity contribution in [3.8, 4) is 0 Å². The summed E-state index contributed by atoms with van der Waals surface area (Å²) in [7, 11) is 0. The van der Waals surface area contributed by atoms with E-state index in [1.807, 2.05) is 24.4 Å². The molecule has 0 unspecified atom stereocenters. The predicted octanol–water partition coefficient (Wildman–Crippen LogP) is 1.61. The topological polar surface area (TPSA) is 53.1 Å². The van der Waals surface area contributed by atoms with Gasteiger partial charge in [0.05, 0.1) is 12.2 Å². The number of ether oxygens (including phenoxy) is 1. The lowest BCUT2D eigenvalue weighted by atomic mass is 10.1. The lowest BCUT2D eigenvalue weighted by Gasteiger charge is -2.24. The molecule has 3 rings (SSSR count). The van der Waals surface area contributed by atoms with Crippen LogP contribution in [0.3, 0.4) is 0 Å². The van der Waals surface area contributed by atoms with Crippen molar-refractivity contribution in [2.75, 3.05) is 0 Å². The van der Waals surface area contributed by atoms with Crippen molar-refractivity contribution >= 4 is 0 Å². The summed E-state index contributed by atoms with van der Waals surface area (Å²) >= 11 is 0. The van der Waals surface area contributed by atoms with Crippen LogP contribution in [0.5, 0.6) is 0 Å². The number of nitrogens with two attached hydrogens (primary N) is 1. The SMILES string of the molecule is NCc1cn2c(n1)CO[C@H](c1ccccc1)C2. The highest BCUT2D eigenvalue weighted by molar-refractivity contribution is 5.19. The first-order chi connectivity index (χ1) is 8.36. The van der Waals surface area contributed by atoms with E-state index in [9.17, 15) is 0 Å². The van der Waals surface area contributed by atoms with Gasteiger partial charge in [0.2, 0.25) is 0 Å². The Morgan fingerprint density at radius 1 is 1.35 bits per heavy atom. The van der Waals surface area contributed by atoms with Crippen LogP contribution in [0.15, 0.2) is 36.5 Å². The van der Waals surface area contributed by atoms with E-state index < -0.39 is 0 Å². The van der Waals surface area contributed by atoms with Crippen molar-refractivity contribution in [2.45, 2.75) is 25.8 Å². The number of benzene rings is 1. The lowest BCUT2D eigenvalue weighted by Crippen LogP contribution is -2.20. The summed E-state index contributed by atoms with van der Waals surface area (Å²) < 4.78 is 7.97. The number of nitrogens with zero attached hydrogens (tertiary/aromatic N) is 2. The van der Waals surface area contributed by atoms with Crippen molar-refractivity contribution in [3.05, 3.63) is 53.6 Å². The van der Waals surface area contributed by atoms with Gasteiger partial charge in [0.25, 0.3) is 0 Å². The number of hydrogen-bond acceptors (Lipinski definition) is 3. The fourth-order valence-electron chi connectivity index (χ4n) is 2.16. The van der Waals surface area contributed by atoms with Gasteiger partial charge < -0.3 is 15.0 Å². The molecular weight excluding hydrogens is 214 g/mol. The molecule has 1 aromatic heterocycles. The van der Waals surface area contributed by atoms with Crippen molar-refractivity contribution in [2.24, 2.45) is 5.73 Å². The molecule has 0 spiro atoms. The van der Waals surface area contributed by atoms with Crippen LogP contribution in [0.4, 0.5) is 0 Å². The molecule has 1 atom stereocenters. The van der Waals surface area contributed by atoms with Gasteiger partial charge in [-0.15, -0.1) is 0 Å². The summed E-state index contributed by atoms with van der Waals surface area (Å²) in [6.45, 7) is 1.85. The highest BCUT2D eigenvalue weighted by atomic mass is 16.5. The minimum atomic E-state index is 0.114. The Bertz CT molecular complexity index is 507. The fourth-order valence-corrected chi connectivity index (χ4v) is 2.16. The van der Waals surface area contributed by atoms with Crippen LogP contribution in [0.2, 0.25) is 0 Å². The summed E-state index contributed by atoms with van der Waals surface area (Å²) in [5.74, 6) is 0.970. The van der Waals surface area contributed by atoms with Gasteiger partial charge in [-0.25, -0.2) is 4.98 Å². The van der Waals surface area contributed by atoms with E-state index >= 15 is 0 Å². The summed E-state index contributed by atoms with van der Waals surface area (Å²) in [5, 5.41) is 0. The van der Waals surface area contributed by atoms with E-state index in [4.69, 9.17) is 10.5 Å². The Morgan fingerprint density at radius 3 is 2.94 bits per heavy atom. The van der Waals surface area contributed by atoms with E-state index in [1.54, 1.807) is 0 Å². The molecule has 4 nitrogen and oxygen atoms in total. The van der Waals surface area contributed by atoms with Crippen molar-refractivity contribution in [3.63, 3.8) is 0 Å². The average Bonchev–Trinajstić information content (AvgIpc) is 2.81. The zero-order valence-corrected chi connectivity index (χ0v) is 9.54. The molecule has 0 bridgehead atoms. The molecule has 0 aliphatic carbocycles. The lowest BCUT2D eigenvalue weighted by molar-refractivity contribution is 0.000486. The molecule has 1 aliphatic rings. The molecule has 4 heteroatoms. The Morgan fingerprint density at radius 2 is 2.18 bits per heavy atom. The van der Waals surface area contributed by atoms with E-state index in [0.29, 0.717) is 13.2 Å². The monoisotopic (exact) mass is 229 g/mol. The van der Waals surface area contributed by atoms with Gasteiger partial charge in [-0.3, -0.25) is 0 Å². The Balaban J connectivity index is 1.85. The molecule has 0 saturated carbocycles. The van der Waals surface area contributed by atoms with E-state index in [-0.39, 0.29) is 6.10 Å². The average molecular weight is 229 g/mol. The molecule has 0 radical (unpaired) electrons. The molecular formula is C13H15N3O. The third kappa shape index (κ3) is 1.97. The zero-order chi connectivity index (χ0) is 11.7. The standard InChI is InChI=1S/C13H15N3O/c14-6-11-7-16-8-12(17-9-13(16)15-11)10-4-2-1-3-5-10/h1-5,7,12H,6,8-9,14H2/t12-/m0/s1. The van der Waals surface area contributed by atoms with Crippen LogP contribution >= 0.6 is 0 Å². The van der Waals surface area contributed by atoms with Gasteiger partial charge in [-0.05, 0) is 5.56 Å². The normalized spacial score (nSPS) is 19.0. The van der Waals surface area contributed by atoms with Crippen molar-refractivity contribution in [1.29, 1.82) is 0 Å². The van der Waals surface area contributed by atoms with Crippen LogP contribution < -0.4 is 5.73 Å². The first-order valence-electron chi connectivity index (χ1n) is 5.78. The first-order valence-corrected chi connectivity index (χ1v) is 5.78. The molecule has 0 saturated heterocycles. The maximum Gasteiger partial charge on any atom is 0.135 e. The van der Waals surface area contributed by atoms with E-state index in [0.717, 1.165) is 18.1 Å². The number of fused-ring (bicyclic) bond motifs is 1. The van der Waals surface area contributed by atoms with E-state index in [1.165, 1.54) is 5.56 Å². The van der Waals surface area contributed by atoms with Gasteiger partial charge in [-0.1, -0.05) is 30.3 Å². The summed E-state index contributed by atoms with van der Waals surface area (Å²) in [6.07, 6.45) is 2.14. The largest absolute Gasteiger partial charge is 0.364 e. The summed E-state index contributed by atoms with van der Waals surface area (Å²) in [6, 6.07) is 10.3. The second kappa shape index (κ2) is 4.31. The molecule has 88 valence electrons. The smallest absolute Gasteiger partial charge is 0.135 e. The van der Waals surface area contributed by atoms with Gasteiger partial charge in [0, 0.05) is 12.7 Å². The Kier molecular flexibility index (Phi) is 2.66. The van der Waals surface area contributed by atoms with Gasteiger partial charge in [0.15, 0.2) is 0 Å². The maximum atomic E-state index is 5.82. The predicted molar refractivity (Wildman–Crippen MR) is 64.1 cm³/mol. The molecule has 0 amide bonds. The van der Waals surface area contributed by atoms with Crippen LogP contribution in [0.25, 0.3) is 0 Å². The second-order valence-electron chi connectivity index (χ2n) is 4.22. The van der Waals surface area contributed by atoms with Crippen LogP contribution in [0, 0.1) is 0 Å². The van der Waals surface area contributed by atoms with Crippen LogP contribution in [-0.4, -0.2) is 9.55 Å². The zero-order valence-electron chi connectivity index (χ0n) is 9.54. The quantitative estimate of drug-likeness (QED) is 0.851. The second-order valence-corrected chi connectivity index (χ2v) is 4.22. The number of hydrogen-bond donors (Lipinski definition) is 1. The molecule has 1 aromatic carbocycles. The number of imidazole rings is 1. The van der Waals surface area contributed by atoms with Crippen LogP contribution in [0.1, 0.15) is 23.2 Å². The van der Waals surface area contributed by atoms with E-state index in [2.05, 4.69) is 21.7 Å². The fraction of sp³-hybridized carbons (Fsp3) is 0.308. The molecule has 2 heterocycles. The molecule has 2 N–H and O–H groups in total. The summed E-state index contributed by atoms with van der Waals surface area (Å²) in [4.78, 5) is 4.41. The van der Waals surface area contributed by atoms with Gasteiger partial charge >= 0.3 is 0 Å². The number of rotatable bonds is 2. The molecule has 0 fully saturated rings. The minimum Gasteiger partial charge on any atom is -0.364 e. The highest BCUT2D eigenvalue weighted by Gasteiger charge is 2.21. The third-order valence-corrected chi connectivity index (χ3v) is 3.07. The van der Waals surface area contributed by atoms with Crippen molar-refractivity contribution < 1.29 is 4.74 Å². The Hall–Kier alpha value is -1.65. The Labute approximate surface area is 100 Å². The molecule has 1 aliphatic heterocycles. The van der Waals surface area contributed by atoms with Crippen LogP contribution in [-0.2, 0) is 24.4 Å². The van der Waals surface area contributed by atoms with Gasteiger partial charge in [-0.2, -0.15) is 0 Å². The molecule has 2 aromatic rings. The summed E-state index contributed by atoms with van der Waals surface area (Å²) in [5.41, 5.74) is 7.73. The number of aromatic nitrogens is 2. The van der Waals surface area contributed by atoms with Gasteiger partial charge in [0.1, 0.15) is 18.5 Å². The highest BCUT2D eigenvalue weighted by Crippen LogP contribution is 2.25. The van der Waals surface area contributed by atoms with Crippen molar-refractivity contribution in [1.82, 2.24) is 9.55 Å².